The summed E-state index contributed by atoms with van der Waals surface area (Å²) in [6.45, 7) is 0.792. The van der Waals surface area contributed by atoms with Crippen LogP contribution in [-0.4, -0.2) is 27.7 Å². The zero-order chi connectivity index (χ0) is 19.5. The molecule has 0 fully saturated rings. The van der Waals surface area contributed by atoms with Crippen LogP contribution in [0.5, 0.6) is 5.75 Å². The number of methoxy groups -OCH3 is 1. The standard InChI is InChI=1S/C22H19N3O3/c1-28-18-12-19(22(26)27)21(23-13-18)24-17-7-8-20-16(11-17)9-10-25(20)14-15-5-3-2-4-6-15/h2-13H,14H2,1H3,(H,23,24)(H,26,27). The van der Waals surface area contributed by atoms with E-state index < -0.39 is 5.97 Å². The highest BCUT2D eigenvalue weighted by atomic mass is 16.5. The van der Waals surface area contributed by atoms with Gasteiger partial charge in [0.15, 0.2) is 0 Å². The molecule has 6 heteroatoms. The lowest BCUT2D eigenvalue weighted by atomic mass is 10.2. The number of aromatic nitrogens is 2. The van der Waals surface area contributed by atoms with Crippen molar-refractivity contribution in [2.24, 2.45) is 0 Å². The molecule has 2 N–H and O–H groups in total. The average Bonchev–Trinajstić information content (AvgIpc) is 3.11. The normalized spacial score (nSPS) is 10.8. The molecule has 0 spiro atoms. The molecule has 140 valence electrons. The molecule has 0 unspecified atom stereocenters. The van der Waals surface area contributed by atoms with E-state index in [1.165, 1.54) is 24.9 Å². The number of carbonyl (C=O) groups is 1. The van der Waals surface area contributed by atoms with Gasteiger partial charge in [-0.1, -0.05) is 30.3 Å². The lowest BCUT2D eigenvalue weighted by Crippen LogP contribution is -2.05. The van der Waals surface area contributed by atoms with E-state index in [-0.39, 0.29) is 11.4 Å². The molecule has 4 rings (SSSR count). The van der Waals surface area contributed by atoms with Crippen molar-refractivity contribution in [3.63, 3.8) is 0 Å². The maximum absolute atomic E-state index is 11.5. The van der Waals surface area contributed by atoms with Gasteiger partial charge in [-0.2, -0.15) is 0 Å². The van der Waals surface area contributed by atoms with Gasteiger partial charge < -0.3 is 19.7 Å². The molecule has 0 aliphatic carbocycles. The van der Waals surface area contributed by atoms with Crippen molar-refractivity contribution in [3.05, 3.63) is 84.2 Å². The topological polar surface area (TPSA) is 76.4 Å². The van der Waals surface area contributed by atoms with Crippen molar-refractivity contribution >= 4 is 28.4 Å². The number of rotatable bonds is 6. The summed E-state index contributed by atoms with van der Waals surface area (Å²) in [7, 11) is 1.48. The van der Waals surface area contributed by atoms with Gasteiger partial charge in [-0.15, -0.1) is 0 Å². The van der Waals surface area contributed by atoms with Crippen molar-refractivity contribution in [2.75, 3.05) is 12.4 Å². The number of hydrogen-bond donors (Lipinski definition) is 2. The van der Waals surface area contributed by atoms with E-state index in [1.54, 1.807) is 0 Å². The Kier molecular flexibility index (Phi) is 4.68. The van der Waals surface area contributed by atoms with Crippen LogP contribution in [0.1, 0.15) is 15.9 Å². The molecule has 6 nitrogen and oxygen atoms in total. The lowest BCUT2D eigenvalue weighted by Gasteiger charge is -2.11. The molecule has 0 amide bonds. The summed E-state index contributed by atoms with van der Waals surface area (Å²) < 4.78 is 7.25. The Labute approximate surface area is 162 Å². The van der Waals surface area contributed by atoms with E-state index in [2.05, 4.69) is 33.2 Å². The Morgan fingerprint density at radius 2 is 1.96 bits per heavy atom. The Bertz CT molecular complexity index is 1140. The van der Waals surface area contributed by atoms with Crippen LogP contribution in [0.15, 0.2) is 73.1 Å². The largest absolute Gasteiger partial charge is 0.495 e. The summed E-state index contributed by atoms with van der Waals surface area (Å²) >= 11 is 0. The fraction of sp³-hybridized carbons (Fsp3) is 0.0909. The van der Waals surface area contributed by atoms with Crippen LogP contribution < -0.4 is 10.1 Å². The molecule has 0 atom stereocenters. The van der Waals surface area contributed by atoms with Gasteiger partial charge in [-0.25, -0.2) is 9.78 Å². The lowest BCUT2D eigenvalue weighted by molar-refractivity contribution is 0.0697. The van der Waals surface area contributed by atoms with E-state index >= 15 is 0 Å². The third-order valence-corrected chi connectivity index (χ3v) is 4.56. The van der Waals surface area contributed by atoms with E-state index in [0.29, 0.717) is 5.75 Å². The second-order valence-electron chi connectivity index (χ2n) is 6.40. The molecule has 2 heterocycles. The van der Waals surface area contributed by atoms with Crippen LogP contribution in [-0.2, 0) is 6.54 Å². The van der Waals surface area contributed by atoms with E-state index in [9.17, 15) is 9.90 Å². The maximum Gasteiger partial charge on any atom is 0.339 e. The molecule has 4 aromatic rings. The van der Waals surface area contributed by atoms with E-state index in [4.69, 9.17) is 4.74 Å². The molecule has 0 bridgehead atoms. The van der Waals surface area contributed by atoms with Crippen molar-refractivity contribution in [1.82, 2.24) is 9.55 Å². The number of nitrogens with one attached hydrogen (secondary N) is 1. The van der Waals surface area contributed by atoms with Gasteiger partial charge in [0.25, 0.3) is 0 Å². The van der Waals surface area contributed by atoms with Gasteiger partial charge >= 0.3 is 5.97 Å². The first-order chi connectivity index (χ1) is 13.6. The highest BCUT2D eigenvalue weighted by Gasteiger charge is 2.14. The van der Waals surface area contributed by atoms with Gasteiger partial charge in [0, 0.05) is 29.3 Å². The molecule has 0 saturated carbocycles. The molecule has 2 aromatic heterocycles. The van der Waals surface area contributed by atoms with Crippen LogP contribution >= 0.6 is 0 Å². The van der Waals surface area contributed by atoms with E-state index in [0.717, 1.165) is 23.1 Å². The first-order valence-electron chi connectivity index (χ1n) is 8.81. The van der Waals surface area contributed by atoms with Crippen LogP contribution in [0.2, 0.25) is 0 Å². The monoisotopic (exact) mass is 373 g/mol. The number of benzene rings is 2. The number of ether oxygens (including phenoxy) is 1. The number of pyridine rings is 1. The Balaban J connectivity index is 1.62. The third kappa shape index (κ3) is 3.53. The Hall–Kier alpha value is -3.80. The summed E-state index contributed by atoms with van der Waals surface area (Å²) in [4.78, 5) is 15.7. The van der Waals surface area contributed by atoms with Gasteiger partial charge in [0.2, 0.25) is 0 Å². The van der Waals surface area contributed by atoms with Crippen LogP contribution in [0.4, 0.5) is 11.5 Å². The number of carboxylic acids is 1. The zero-order valence-electron chi connectivity index (χ0n) is 15.3. The third-order valence-electron chi connectivity index (χ3n) is 4.56. The Morgan fingerprint density at radius 1 is 1.14 bits per heavy atom. The van der Waals surface area contributed by atoms with Crippen LogP contribution in [0.25, 0.3) is 10.9 Å². The molecular weight excluding hydrogens is 354 g/mol. The summed E-state index contributed by atoms with van der Waals surface area (Å²) in [5.74, 6) is -0.392. The average molecular weight is 373 g/mol. The summed E-state index contributed by atoms with van der Waals surface area (Å²) in [5.41, 5.74) is 3.16. The number of hydrogen-bond acceptors (Lipinski definition) is 4. The SMILES string of the molecule is COc1cnc(Nc2ccc3c(ccn3Cc3ccccc3)c2)c(C(=O)O)c1. The molecule has 28 heavy (non-hydrogen) atoms. The summed E-state index contributed by atoms with van der Waals surface area (Å²) in [5, 5.41) is 13.6. The summed E-state index contributed by atoms with van der Waals surface area (Å²) in [6.07, 6.45) is 3.54. The summed E-state index contributed by atoms with van der Waals surface area (Å²) in [6, 6.07) is 19.7. The van der Waals surface area contributed by atoms with Crippen molar-refractivity contribution in [1.29, 1.82) is 0 Å². The fourth-order valence-corrected chi connectivity index (χ4v) is 3.15. The minimum Gasteiger partial charge on any atom is -0.495 e. The van der Waals surface area contributed by atoms with Gasteiger partial charge in [0.1, 0.15) is 17.1 Å². The van der Waals surface area contributed by atoms with Crippen molar-refractivity contribution in [3.8, 4) is 5.75 Å². The molecule has 2 aromatic carbocycles. The van der Waals surface area contributed by atoms with Crippen LogP contribution in [0, 0.1) is 0 Å². The number of nitrogens with zero attached hydrogens (tertiary/aromatic N) is 2. The van der Waals surface area contributed by atoms with Crippen LogP contribution in [0.3, 0.4) is 0 Å². The van der Waals surface area contributed by atoms with Crippen molar-refractivity contribution < 1.29 is 14.6 Å². The first kappa shape index (κ1) is 17.6. The van der Waals surface area contributed by atoms with E-state index in [1.807, 2.05) is 42.5 Å². The molecular formula is C22H19N3O3. The number of anilines is 2. The maximum atomic E-state index is 11.5. The van der Waals surface area contributed by atoms with Gasteiger partial charge in [0.05, 0.1) is 13.3 Å². The Morgan fingerprint density at radius 3 is 2.71 bits per heavy atom. The first-order valence-corrected chi connectivity index (χ1v) is 8.81. The number of fused-ring (bicyclic) bond motifs is 1. The zero-order valence-corrected chi connectivity index (χ0v) is 15.3. The van der Waals surface area contributed by atoms with Gasteiger partial charge in [-0.3, -0.25) is 0 Å². The number of carboxylic acid groups (broad SMARTS) is 1. The second-order valence-corrected chi connectivity index (χ2v) is 6.40. The van der Waals surface area contributed by atoms with Crippen molar-refractivity contribution in [2.45, 2.75) is 6.54 Å². The molecule has 0 radical (unpaired) electrons. The highest BCUT2D eigenvalue weighted by molar-refractivity contribution is 5.95. The minimum absolute atomic E-state index is 0.0566. The number of aromatic carboxylic acids is 1. The molecule has 0 aliphatic rings. The fourth-order valence-electron chi connectivity index (χ4n) is 3.15. The second kappa shape index (κ2) is 7.44. The highest BCUT2D eigenvalue weighted by Crippen LogP contribution is 2.26. The smallest absolute Gasteiger partial charge is 0.339 e. The predicted octanol–water partition coefficient (Wildman–Crippen LogP) is 4.54. The quantitative estimate of drug-likeness (QED) is 0.519. The molecule has 0 saturated heterocycles. The predicted molar refractivity (Wildman–Crippen MR) is 109 cm³/mol. The van der Waals surface area contributed by atoms with Gasteiger partial charge in [-0.05, 0) is 35.9 Å². The minimum atomic E-state index is -1.07. The molecule has 0 aliphatic heterocycles.